The molecule has 2 aliphatic rings. The second-order valence-electron chi connectivity index (χ2n) is 6.47. The van der Waals surface area contributed by atoms with E-state index >= 15 is 0 Å². The minimum atomic E-state index is -4.12. The van der Waals surface area contributed by atoms with Gasteiger partial charge in [0.2, 0.25) is 0 Å². The highest BCUT2D eigenvalue weighted by molar-refractivity contribution is 8.01. The Morgan fingerprint density at radius 2 is 2.16 bits per heavy atom. The van der Waals surface area contributed by atoms with Gasteiger partial charge in [0.05, 0.1) is 11.5 Å². The molecule has 4 N–H and O–H groups in total. The van der Waals surface area contributed by atoms with Gasteiger partial charge in [0, 0.05) is 11.5 Å². The number of amides is 1. The number of hydrogen-bond acceptors (Lipinski definition) is 11. The molecule has 3 heterocycles. The maximum Gasteiger partial charge on any atom is 0.352 e. The number of fused-ring (bicyclic) bond motifs is 1. The number of carboxylic acid groups (broad SMARTS) is 1. The minimum Gasteiger partial charge on any atom is -0.477 e. The molecule has 2 aliphatic heterocycles. The van der Waals surface area contributed by atoms with E-state index < -0.39 is 28.0 Å². The van der Waals surface area contributed by atoms with Crippen LogP contribution in [-0.4, -0.2) is 78.8 Å². The van der Waals surface area contributed by atoms with Crippen molar-refractivity contribution in [2.24, 2.45) is 0 Å². The van der Waals surface area contributed by atoms with Crippen molar-refractivity contribution >= 4 is 74.1 Å². The predicted molar refractivity (Wildman–Crippen MR) is 121 cm³/mol. The summed E-state index contributed by atoms with van der Waals surface area (Å²) in [6.07, 6.45) is 0.606. The SMILES string of the molecule is CCC(=S)NC1C(=O)N2C(C(=O)O)=C(CSc3nnc(CNCS(=O)(=O)O)s3)CS[C@@H]12. The molecule has 1 aromatic rings. The van der Waals surface area contributed by atoms with Crippen molar-refractivity contribution in [2.45, 2.75) is 35.6 Å². The number of nitrogens with one attached hydrogen (secondary N) is 2. The van der Waals surface area contributed by atoms with E-state index in [1.54, 1.807) is 0 Å². The first-order valence-corrected chi connectivity index (χ1v) is 13.8. The molecular formula is C15H19N5O6S5. The molecule has 1 aromatic heterocycles. The fourth-order valence-electron chi connectivity index (χ4n) is 2.87. The third kappa shape index (κ3) is 5.94. The number of nitrogens with zero attached hydrogens (tertiary/aromatic N) is 3. The molecule has 1 unspecified atom stereocenters. The van der Waals surface area contributed by atoms with Gasteiger partial charge in [0.25, 0.3) is 16.0 Å². The number of thioether (sulfide) groups is 2. The van der Waals surface area contributed by atoms with Crippen molar-refractivity contribution in [3.05, 3.63) is 16.3 Å². The maximum absolute atomic E-state index is 12.6. The number of aliphatic carboxylic acids is 1. The van der Waals surface area contributed by atoms with Crippen LogP contribution in [0.5, 0.6) is 0 Å². The number of thiocarbonyl (C=S) groups is 1. The van der Waals surface area contributed by atoms with Crippen molar-refractivity contribution in [2.75, 3.05) is 17.4 Å². The molecule has 170 valence electrons. The molecule has 31 heavy (non-hydrogen) atoms. The summed E-state index contributed by atoms with van der Waals surface area (Å²) < 4.78 is 30.7. The minimum absolute atomic E-state index is 0.00118. The Hall–Kier alpha value is -1.30. The lowest BCUT2D eigenvalue weighted by Gasteiger charge is -2.49. The lowest BCUT2D eigenvalue weighted by Crippen LogP contribution is -2.70. The number of carboxylic acids is 1. The Morgan fingerprint density at radius 1 is 1.42 bits per heavy atom. The topological polar surface area (TPSA) is 162 Å². The zero-order valence-corrected chi connectivity index (χ0v) is 20.2. The molecule has 3 rings (SSSR count). The first-order chi connectivity index (χ1) is 14.6. The summed E-state index contributed by atoms with van der Waals surface area (Å²) in [5.74, 6) is -1.27. The van der Waals surface area contributed by atoms with Gasteiger partial charge in [-0.05, 0) is 12.0 Å². The third-order valence-electron chi connectivity index (χ3n) is 4.27. The van der Waals surface area contributed by atoms with Gasteiger partial charge in [0.15, 0.2) is 4.34 Å². The molecule has 1 saturated heterocycles. The molecular weight excluding hydrogens is 507 g/mol. The van der Waals surface area contributed by atoms with Crippen molar-refractivity contribution in [1.29, 1.82) is 0 Å². The fourth-order valence-corrected chi connectivity index (χ4v) is 6.71. The smallest absolute Gasteiger partial charge is 0.352 e. The highest BCUT2D eigenvalue weighted by Crippen LogP contribution is 2.41. The van der Waals surface area contributed by atoms with Gasteiger partial charge >= 0.3 is 5.97 Å². The molecule has 11 nitrogen and oxygen atoms in total. The van der Waals surface area contributed by atoms with E-state index in [4.69, 9.17) is 16.8 Å². The Kier molecular flexibility index (Phi) is 7.93. The highest BCUT2D eigenvalue weighted by Gasteiger charge is 2.53. The normalized spacial score (nSPS) is 21.0. The van der Waals surface area contributed by atoms with Gasteiger partial charge in [-0.2, -0.15) is 8.42 Å². The van der Waals surface area contributed by atoms with E-state index in [1.807, 2.05) is 6.92 Å². The monoisotopic (exact) mass is 525 g/mol. The lowest BCUT2D eigenvalue weighted by molar-refractivity contribution is -0.148. The molecule has 2 atom stereocenters. The summed E-state index contributed by atoms with van der Waals surface area (Å²) in [7, 11) is -4.12. The fraction of sp³-hybridized carbons (Fsp3) is 0.533. The summed E-state index contributed by atoms with van der Waals surface area (Å²) in [5, 5.41) is 23.4. The van der Waals surface area contributed by atoms with Crippen LogP contribution < -0.4 is 10.6 Å². The quantitative estimate of drug-likeness (QED) is 0.145. The first-order valence-electron chi connectivity index (χ1n) is 8.91. The van der Waals surface area contributed by atoms with Gasteiger partial charge in [0.1, 0.15) is 28.0 Å². The number of rotatable bonds is 10. The number of carbonyl (C=O) groups is 2. The summed E-state index contributed by atoms with van der Waals surface area (Å²) in [6.45, 7) is 2.00. The van der Waals surface area contributed by atoms with Crippen LogP contribution in [0.4, 0.5) is 0 Å². The summed E-state index contributed by atoms with van der Waals surface area (Å²) in [4.78, 5) is 26.3. The highest BCUT2D eigenvalue weighted by atomic mass is 32.2. The van der Waals surface area contributed by atoms with Crippen LogP contribution in [0.15, 0.2) is 15.6 Å². The Bertz CT molecular complexity index is 1030. The van der Waals surface area contributed by atoms with Crippen molar-refractivity contribution in [1.82, 2.24) is 25.7 Å². The number of carbonyl (C=O) groups excluding carboxylic acids is 1. The van der Waals surface area contributed by atoms with E-state index in [2.05, 4.69) is 20.8 Å². The van der Waals surface area contributed by atoms with Gasteiger partial charge in [-0.3, -0.25) is 19.6 Å². The van der Waals surface area contributed by atoms with Gasteiger partial charge in [-0.25, -0.2) is 4.79 Å². The standard InChI is InChI=1S/C15H19N5O6S5/c1-2-8(27)17-10-12(21)20-11(14(22)23)7(4-28-13(10)20)5-29-15-19-18-9(30-15)3-16-6-31(24,25)26/h10,13,16H,2-6H2,1H3,(H,17,27)(H,22,23)(H,24,25,26)/t10?,13-/m0/s1. The summed E-state index contributed by atoms with van der Waals surface area (Å²) >= 11 is 9.15. The Morgan fingerprint density at radius 3 is 2.81 bits per heavy atom. The van der Waals surface area contributed by atoms with Crippen LogP contribution in [0, 0.1) is 0 Å². The average molecular weight is 526 g/mol. The molecule has 1 fully saturated rings. The van der Waals surface area contributed by atoms with E-state index in [9.17, 15) is 23.1 Å². The molecule has 0 saturated carbocycles. The summed E-state index contributed by atoms with van der Waals surface area (Å²) in [6, 6.07) is -0.512. The Balaban J connectivity index is 1.63. The van der Waals surface area contributed by atoms with Crippen LogP contribution in [-0.2, 0) is 26.3 Å². The van der Waals surface area contributed by atoms with E-state index in [-0.39, 0.29) is 23.5 Å². The van der Waals surface area contributed by atoms with Crippen molar-refractivity contribution in [3.8, 4) is 0 Å². The van der Waals surface area contributed by atoms with Gasteiger partial charge in [-0.1, -0.05) is 42.2 Å². The second kappa shape index (κ2) is 10.1. The zero-order chi connectivity index (χ0) is 22.8. The molecule has 16 heteroatoms. The summed E-state index contributed by atoms with van der Waals surface area (Å²) in [5.41, 5.74) is 0.617. The second-order valence-corrected chi connectivity index (χ2v) is 11.8. The molecule has 0 aromatic carbocycles. The largest absolute Gasteiger partial charge is 0.477 e. The van der Waals surface area contributed by atoms with Crippen LogP contribution in [0.3, 0.4) is 0 Å². The molecule has 0 spiro atoms. The van der Waals surface area contributed by atoms with E-state index in [0.29, 0.717) is 37.8 Å². The van der Waals surface area contributed by atoms with Crippen molar-refractivity contribution < 1.29 is 27.7 Å². The van der Waals surface area contributed by atoms with Crippen LogP contribution in [0.25, 0.3) is 0 Å². The third-order valence-corrected chi connectivity index (χ3v) is 8.72. The van der Waals surface area contributed by atoms with Gasteiger partial charge < -0.3 is 10.4 Å². The molecule has 0 aliphatic carbocycles. The molecule has 1 amide bonds. The zero-order valence-electron chi connectivity index (χ0n) is 16.1. The Labute approximate surface area is 196 Å². The number of aromatic nitrogens is 2. The van der Waals surface area contributed by atoms with Crippen LogP contribution >= 0.6 is 47.1 Å². The van der Waals surface area contributed by atoms with Crippen LogP contribution in [0.1, 0.15) is 18.4 Å². The lowest BCUT2D eigenvalue weighted by atomic mass is 10.0. The number of β-lactam (4-membered cyclic amide) rings is 1. The van der Waals surface area contributed by atoms with E-state index in [1.165, 1.54) is 39.8 Å². The number of hydrogen-bond donors (Lipinski definition) is 4. The average Bonchev–Trinajstić information content (AvgIpc) is 3.15. The van der Waals surface area contributed by atoms with E-state index in [0.717, 1.165) is 0 Å². The maximum atomic E-state index is 12.6. The first kappa shape index (κ1) is 24.3. The van der Waals surface area contributed by atoms with Crippen molar-refractivity contribution in [3.63, 3.8) is 0 Å². The molecule has 0 radical (unpaired) electrons. The predicted octanol–water partition coefficient (Wildman–Crippen LogP) is 0.515. The van der Waals surface area contributed by atoms with Gasteiger partial charge in [-0.15, -0.1) is 22.0 Å². The molecule has 0 bridgehead atoms. The van der Waals surface area contributed by atoms with Crippen LogP contribution in [0.2, 0.25) is 0 Å².